The predicted molar refractivity (Wildman–Crippen MR) is 96.1 cm³/mol. The van der Waals surface area contributed by atoms with Gasteiger partial charge in [-0.3, -0.25) is 0 Å². The minimum absolute atomic E-state index is 0.208. The van der Waals surface area contributed by atoms with Crippen LogP contribution >= 0.6 is 21.6 Å². The van der Waals surface area contributed by atoms with E-state index in [1.807, 2.05) is 52.0 Å². The Balaban J connectivity index is 1.87. The average molecular weight is 335 g/mol. The van der Waals surface area contributed by atoms with E-state index in [0.717, 1.165) is 11.5 Å². The summed E-state index contributed by atoms with van der Waals surface area (Å²) in [4.78, 5) is 2.42. The third-order valence-corrected chi connectivity index (χ3v) is 5.04. The van der Waals surface area contributed by atoms with Gasteiger partial charge >= 0.3 is 0 Å². The van der Waals surface area contributed by atoms with Gasteiger partial charge in [-0.1, -0.05) is 21.6 Å². The molecule has 0 amide bonds. The molecule has 118 valence electrons. The Labute approximate surface area is 141 Å². The molecule has 0 fully saturated rings. The summed E-state index contributed by atoms with van der Waals surface area (Å²) >= 11 is 0. The van der Waals surface area contributed by atoms with Crippen LogP contribution in [0.1, 0.15) is 27.7 Å². The molecule has 22 heavy (non-hydrogen) atoms. The van der Waals surface area contributed by atoms with Gasteiger partial charge in [-0.2, -0.15) is 0 Å². The van der Waals surface area contributed by atoms with Gasteiger partial charge in [0.25, 0.3) is 0 Å². The van der Waals surface area contributed by atoms with Crippen LogP contribution in [0, 0.1) is 0 Å². The lowest BCUT2D eigenvalue weighted by atomic mass is 10.3. The summed E-state index contributed by atoms with van der Waals surface area (Å²) in [6.45, 7) is 8.13. The Bertz CT molecular complexity index is 509. The van der Waals surface area contributed by atoms with E-state index in [1.54, 1.807) is 21.6 Å². The van der Waals surface area contributed by atoms with Gasteiger partial charge in [0.15, 0.2) is 0 Å². The van der Waals surface area contributed by atoms with Gasteiger partial charge in [0.1, 0.15) is 11.5 Å². The predicted octanol–water partition coefficient (Wildman–Crippen LogP) is 6.06. The second kappa shape index (κ2) is 8.39. The van der Waals surface area contributed by atoms with E-state index in [0.29, 0.717) is 0 Å². The molecule has 0 aromatic heterocycles. The van der Waals surface area contributed by atoms with E-state index >= 15 is 0 Å². The van der Waals surface area contributed by atoms with Crippen molar-refractivity contribution in [3.63, 3.8) is 0 Å². The van der Waals surface area contributed by atoms with Crippen LogP contribution in [0.5, 0.6) is 11.5 Å². The number of rotatable bonds is 7. The molecule has 0 heterocycles. The van der Waals surface area contributed by atoms with Crippen molar-refractivity contribution >= 4 is 21.6 Å². The number of hydrogen-bond acceptors (Lipinski definition) is 4. The van der Waals surface area contributed by atoms with E-state index in [1.165, 1.54) is 9.79 Å². The Morgan fingerprint density at radius 2 is 0.909 bits per heavy atom. The van der Waals surface area contributed by atoms with Crippen LogP contribution in [-0.2, 0) is 0 Å². The molecule has 0 bridgehead atoms. The molecule has 0 saturated heterocycles. The lowest BCUT2D eigenvalue weighted by Crippen LogP contribution is -2.05. The number of benzene rings is 2. The topological polar surface area (TPSA) is 18.5 Å². The van der Waals surface area contributed by atoms with E-state index in [4.69, 9.17) is 9.47 Å². The van der Waals surface area contributed by atoms with E-state index in [-0.39, 0.29) is 12.2 Å². The van der Waals surface area contributed by atoms with Gasteiger partial charge in [-0.05, 0) is 76.2 Å². The molecule has 0 unspecified atom stereocenters. The molecule has 4 heteroatoms. The van der Waals surface area contributed by atoms with Gasteiger partial charge in [0.05, 0.1) is 12.2 Å². The van der Waals surface area contributed by atoms with Crippen molar-refractivity contribution in [2.75, 3.05) is 0 Å². The van der Waals surface area contributed by atoms with Gasteiger partial charge < -0.3 is 9.47 Å². The summed E-state index contributed by atoms with van der Waals surface area (Å²) in [5, 5.41) is 0. The molecule has 2 nitrogen and oxygen atoms in total. The molecule has 2 rings (SSSR count). The normalized spacial score (nSPS) is 11.0. The van der Waals surface area contributed by atoms with Crippen LogP contribution in [-0.4, -0.2) is 12.2 Å². The van der Waals surface area contributed by atoms with Gasteiger partial charge in [-0.25, -0.2) is 0 Å². The average Bonchev–Trinajstić information content (AvgIpc) is 2.47. The summed E-state index contributed by atoms with van der Waals surface area (Å²) in [6, 6.07) is 16.4. The SMILES string of the molecule is CC(C)Oc1ccc(SSc2ccc(OC(C)C)cc2)cc1. The second-order valence-corrected chi connectivity index (χ2v) is 7.72. The summed E-state index contributed by atoms with van der Waals surface area (Å²) in [6.07, 6.45) is 0.416. The maximum Gasteiger partial charge on any atom is 0.119 e. The minimum Gasteiger partial charge on any atom is -0.491 e. The molecule has 0 aliphatic carbocycles. The zero-order chi connectivity index (χ0) is 15.9. The highest BCUT2D eigenvalue weighted by atomic mass is 33.1. The number of hydrogen-bond donors (Lipinski definition) is 0. The molecular formula is C18H22O2S2. The van der Waals surface area contributed by atoms with Crippen molar-refractivity contribution < 1.29 is 9.47 Å². The fraction of sp³-hybridized carbons (Fsp3) is 0.333. The molecule has 0 aliphatic rings. The third-order valence-electron chi connectivity index (χ3n) is 2.63. The molecule has 2 aromatic rings. The molecule has 0 aliphatic heterocycles. The minimum atomic E-state index is 0.208. The summed E-state index contributed by atoms with van der Waals surface area (Å²) < 4.78 is 11.3. The van der Waals surface area contributed by atoms with Crippen LogP contribution in [0.2, 0.25) is 0 Å². The Morgan fingerprint density at radius 3 is 1.18 bits per heavy atom. The Hall–Kier alpha value is -1.26. The fourth-order valence-corrected chi connectivity index (χ4v) is 3.72. The summed E-state index contributed by atoms with van der Waals surface area (Å²) in [5.74, 6) is 1.83. The highest BCUT2D eigenvalue weighted by Gasteiger charge is 2.02. The molecular weight excluding hydrogens is 312 g/mol. The van der Waals surface area contributed by atoms with Gasteiger partial charge in [-0.15, -0.1) is 0 Å². The van der Waals surface area contributed by atoms with Crippen molar-refractivity contribution in [2.45, 2.75) is 49.7 Å². The monoisotopic (exact) mass is 334 g/mol. The zero-order valence-electron chi connectivity index (χ0n) is 13.4. The summed E-state index contributed by atoms with van der Waals surface area (Å²) in [5.41, 5.74) is 0. The Kier molecular flexibility index (Phi) is 6.52. The van der Waals surface area contributed by atoms with Crippen molar-refractivity contribution in [2.24, 2.45) is 0 Å². The second-order valence-electron chi connectivity index (χ2n) is 5.44. The maximum atomic E-state index is 5.65. The highest BCUT2D eigenvalue weighted by Crippen LogP contribution is 2.38. The first-order chi connectivity index (χ1) is 10.5. The van der Waals surface area contributed by atoms with Crippen LogP contribution in [0.25, 0.3) is 0 Å². The first-order valence-corrected chi connectivity index (χ1v) is 9.56. The molecule has 0 spiro atoms. The molecule has 0 N–H and O–H groups in total. The van der Waals surface area contributed by atoms with E-state index in [9.17, 15) is 0 Å². The Morgan fingerprint density at radius 1 is 0.591 bits per heavy atom. The van der Waals surface area contributed by atoms with Crippen molar-refractivity contribution in [1.82, 2.24) is 0 Å². The highest BCUT2D eigenvalue weighted by molar-refractivity contribution is 8.76. The van der Waals surface area contributed by atoms with Crippen molar-refractivity contribution in [3.8, 4) is 11.5 Å². The zero-order valence-corrected chi connectivity index (χ0v) is 15.0. The maximum absolute atomic E-state index is 5.65. The van der Waals surface area contributed by atoms with E-state index in [2.05, 4.69) is 24.3 Å². The first-order valence-electron chi connectivity index (χ1n) is 7.41. The quantitative estimate of drug-likeness (QED) is 0.573. The molecule has 2 aromatic carbocycles. The molecule has 0 saturated carbocycles. The lowest BCUT2D eigenvalue weighted by Gasteiger charge is -2.10. The molecule has 0 atom stereocenters. The van der Waals surface area contributed by atoms with Crippen LogP contribution < -0.4 is 9.47 Å². The molecule has 0 radical (unpaired) electrons. The van der Waals surface area contributed by atoms with Crippen LogP contribution in [0.4, 0.5) is 0 Å². The smallest absolute Gasteiger partial charge is 0.119 e. The standard InChI is InChI=1S/C18H22O2S2/c1-13(2)19-15-5-9-17(10-6-15)21-22-18-11-7-16(8-12-18)20-14(3)4/h5-14H,1-4H3. The number of ether oxygens (including phenoxy) is 2. The lowest BCUT2D eigenvalue weighted by molar-refractivity contribution is 0.242. The van der Waals surface area contributed by atoms with Crippen LogP contribution in [0.3, 0.4) is 0 Å². The van der Waals surface area contributed by atoms with Crippen molar-refractivity contribution in [1.29, 1.82) is 0 Å². The largest absolute Gasteiger partial charge is 0.491 e. The first kappa shape index (κ1) is 17.1. The van der Waals surface area contributed by atoms with Gasteiger partial charge in [0, 0.05) is 9.79 Å². The third kappa shape index (κ3) is 5.85. The van der Waals surface area contributed by atoms with Crippen molar-refractivity contribution in [3.05, 3.63) is 48.5 Å². The van der Waals surface area contributed by atoms with Crippen LogP contribution in [0.15, 0.2) is 58.3 Å². The van der Waals surface area contributed by atoms with E-state index < -0.39 is 0 Å². The van der Waals surface area contributed by atoms with Gasteiger partial charge in [0.2, 0.25) is 0 Å². The fourth-order valence-electron chi connectivity index (χ4n) is 1.79. The summed E-state index contributed by atoms with van der Waals surface area (Å²) in [7, 11) is 3.48.